The summed E-state index contributed by atoms with van der Waals surface area (Å²) >= 11 is 0. The average molecular weight is 284 g/mol. The highest BCUT2D eigenvalue weighted by atomic mass is 16.5. The van der Waals surface area contributed by atoms with E-state index in [1.807, 2.05) is 13.8 Å². The van der Waals surface area contributed by atoms with E-state index in [1.54, 1.807) is 9.80 Å². The number of piperidine rings is 1. The minimum Gasteiger partial charge on any atom is -0.481 e. The zero-order chi connectivity index (χ0) is 14.8. The number of aliphatic carboxylic acids is 1. The quantitative estimate of drug-likeness (QED) is 0.835. The maximum atomic E-state index is 12.6. The van der Waals surface area contributed by atoms with Crippen molar-refractivity contribution in [3.8, 4) is 0 Å². The highest BCUT2D eigenvalue weighted by Crippen LogP contribution is 2.24. The molecule has 1 atom stereocenters. The lowest BCUT2D eigenvalue weighted by molar-refractivity contribution is -0.138. The summed E-state index contributed by atoms with van der Waals surface area (Å²) in [6.45, 7) is 6.28. The normalized spacial score (nSPS) is 26.4. The van der Waals surface area contributed by atoms with Gasteiger partial charge in [0, 0.05) is 19.1 Å². The third-order valence-electron chi connectivity index (χ3n) is 3.98. The number of nitrogens with zero attached hydrogens (tertiary/aromatic N) is 2. The van der Waals surface area contributed by atoms with Crippen molar-refractivity contribution in [3.05, 3.63) is 0 Å². The van der Waals surface area contributed by atoms with Crippen LogP contribution in [-0.4, -0.2) is 64.8 Å². The van der Waals surface area contributed by atoms with Crippen molar-refractivity contribution in [2.45, 2.75) is 51.2 Å². The first kappa shape index (κ1) is 15.1. The topological polar surface area (TPSA) is 70.1 Å². The summed E-state index contributed by atoms with van der Waals surface area (Å²) in [7, 11) is 0. The molecule has 0 aliphatic carbocycles. The summed E-state index contributed by atoms with van der Waals surface area (Å²) < 4.78 is 5.62. The lowest BCUT2D eigenvalue weighted by atomic mass is 9.99. The smallest absolute Gasteiger partial charge is 0.320 e. The highest BCUT2D eigenvalue weighted by molar-refractivity contribution is 5.76. The number of carboxylic acid groups (broad SMARTS) is 1. The van der Waals surface area contributed by atoms with Gasteiger partial charge < -0.3 is 19.6 Å². The number of carbonyl (C=O) groups excluding carboxylic acids is 1. The van der Waals surface area contributed by atoms with Gasteiger partial charge in [-0.05, 0) is 33.1 Å². The molecule has 0 aromatic rings. The third kappa shape index (κ3) is 3.62. The Hall–Kier alpha value is -1.30. The number of rotatable bonds is 2. The number of hydrogen-bond acceptors (Lipinski definition) is 3. The van der Waals surface area contributed by atoms with Gasteiger partial charge in [-0.1, -0.05) is 0 Å². The van der Waals surface area contributed by atoms with Gasteiger partial charge in [0.2, 0.25) is 0 Å². The van der Waals surface area contributed by atoms with Crippen LogP contribution in [-0.2, 0) is 9.53 Å². The Morgan fingerprint density at radius 3 is 2.70 bits per heavy atom. The second kappa shape index (κ2) is 5.99. The molecule has 0 aromatic heterocycles. The molecule has 1 N–H and O–H groups in total. The van der Waals surface area contributed by atoms with Crippen LogP contribution in [0.25, 0.3) is 0 Å². The molecular formula is C14H24N2O4. The lowest BCUT2D eigenvalue weighted by Crippen LogP contribution is -2.57. The number of urea groups is 1. The van der Waals surface area contributed by atoms with Crippen LogP contribution < -0.4 is 0 Å². The molecule has 2 amide bonds. The van der Waals surface area contributed by atoms with Gasteiger partial charge in [-0.15, -0.1) is 0 Å². The maximum absolute atomic E-state index is 12.6. The van der Waals surface area contributed by atoms with Crippen molar-refractivity contribution in [1.82, 2.24) is 9.80 Å². The van der Waals surface area contributed by atoms with Crippen molar-refractivity contribution in [3.63, 3.8) is 0 Å². The maximum Gasteiger partial charge on any atom is 0.320 e. The number of ether oxygens (including phenoxy) is 1. The first-order chi connectivity index (χ1) is 9.39. The van der Waals surface area contributed by atoms with E-state index in [0.717, 1.165) is 19.3 Å². The summed E-state index contributed by atoms with van der Waals surface area (Å²) in [6, 6.07) is -0.202. The van der Waals surface area contributed by atoms with Crippen molar-refractivity contribution >= 4 is 12.0 Å². The Bertz CT molecular complexity index is 383. The van der Waals surface area contributed by atoms with Crippen LogP contribution in [0.3, 0.4) is 0 Å². The van der Waals surface area contributed by atoms with Crippen molar-refractivity contribution in [1.29, 1.82) is 0 Å². The molecule has 114 valence electrons. The van der Waals surface area contributed by atoms with Gasteiger partial charge in [-0.3, -0.25) is 4.79 Å². The number of morpholine rings is 1. The summed E-state index contributed by atoms with van der Waals surface area (Å²) in [4.78, 5) is 27.1. The van der Waals surface area contributed by atoms with Crippen LogP contribution in [0.2, 0.25) is 0 Å². The monoisotopic (exact) mass is 284 g/mol. The summed E-state index contributed by atoms with van der Waals surface area (Å²) in [5.74, 6) is -0.836. The van der Waals surface area contributed by atoms with Gasteiger partial charge in [0.15, 0.2) is 0 Å². The lowest BCUT2D eigenvalue weighted by Gasteiger charge is -2.43. The SMILES string of the molecule is CC1(C)CN(C(=O)N2CCCCC2CC(=O)O)CCO1. The molecule has 2 saturated heterocycles. The fourth-order valence-electron chi connectivity index (χ4n) is 3.03. The predicted molar refractivity (Wildman–Crippen MR) is 73.6 cm³/mol. The Balaban J connectivity index is 2.03. The molecule has 2 aliphatic heterocycles. The van der Waals surface area contributed by atoms with E-state index in [4.69, 9.17) is 9.84 Å². The number of likely N-dealkylation sites (tertiary alicyclic amines) is 1. The molecule has 0 saturated carbocycles. The zero-order valence-corrected chi connectivity index (χ0v) is 12.3. The molecule has 2 rings (SSSR count). The number of carbonyl (C=O) groups is 2. The molecule has 6 nitrogen and oxygen atoms in total. The molecule has 0 radical (unpaired) electrons. The minimum atomic E-state index is -0.836. The van der Waals surface area contributed by atoms with E-state index in [0.29, 0.717) is 26.2 Å². The average Bonchev–Trinajstić information content (AvgIpc) is 2.36. The van der Waals surface area contributed by atoms with Crippen LogP contribution in [0.15, 0.2) is 0 Å². The standard InChI is InChI=1S/C14H24N2O4/c1-14(2)10-15(7-8-20-14)13(19)16-6-4-3-5-11(16)9-12(17)18/h11H,3-10H2,1-2H3,(H,17,18). The van der Waals surface area contributed by atoms with Crippen LogP contribution in [0, 0.1) is 0 Å². The van der Waals surface area contributed by atoms with E-state index in [-0.39, 0.29) is 24.1 Å². The summed E-state index contributed by atoms with van der Waals surface area (Å²) in [6.07, 6.45) is 2.77. The third-order valence-corrected chi connectivity index (χ3v) is 3.98. The zero-order valence-electron chi connectivity index (χ0n) is 12.3. The fourth-order valence-corrected chi connectivity index (χ4v) is 3.03. The summed E-state index contributed by atoms with van der Waals surface area (Å²) in [5, 5.41) is 8.99. The van der Waals surface area contributed by atoms with Crippen LogP contribution in [0.1, 0.15) is 39.5 Å². The van der Waals surface area contributed by atoms with Crippen LogP contribution in [0.4, 0.5) is 4.79 Å². The molecular weight excluding hydrogens is 260 g/mol. The molecule has 2 fully saturated rings. The molecule has 6 heteroatoms. The van der Waals surface area contributed by atoms with E-state index in [2.05, 4.69) is 0 Å². The van der Waals surface area contributed by atoms with Gasteiger partial charge in [0.05, 0.1) is 25.2 Å². The molecule has 1 unspecified atom stereocenters. The predicted octanol–water partition coefficient (Wildman–Crippen LogP) is 1.55. The number of amides is 2. The second-order valence-corrected chi connectivity index (χ2v) is 6.25. The van der Waals surface area contributed by atoms with Gasteiger partial charge in [-0.2, -0.15) is 0 Å². The highest BCUT2D eigenvalue weighted by Gasteiger charge is 2.35. The van der Waals surface area contributed by atoms with Crippen molar-refractivity contribution in [2.24, 2.45) is 0 Å². The van der Waals surface area contributed by atoms with E-state index < -0.39 is 5.97 Å². The van der Waals surface area contributed by atoms with E-state index in [9.17, 15) is 9.59 Å². The number of carboxylic acids is 1. The molecule has 0 bridgehead atoms. The first-order valence-electron chi connectivity index (χ1n) is 7.30. The Morgan fingerprint density at radius 2 is 2.05 bits per heavy atom. The second-order valence-electron chi connectivity index (χ2n) is 6.25. The Kier molecular flexibility index (Phi) is 4.52. The van der Waals surface area contributed by atoms with Gasteiger partial charge in [-0.25, -0.2) is 4.79 Å². The van der Waals surface area contributed by atoms with Crippen LogP contribution in [0.5, 0.6) is 0 Å². The fraction of sp³-hybridized carbons (Fsp3) is 0.857. The van der Waals surface area contributed by atoms with Gasteiger partial charge >= 0.3 is 12.0 Å². The van der Waals surface area contributed by atoms with Crippen molar-refractivity contribution < 1.29 is 19.4 Å². The minimum absolute atomic E-state index is 0.0349. The van der Waals surface area contributed by atoms with Gasteiger partial charge in [0.25, 0.3) is 0 Å². The molecule has 2 aliphatic rings. The van der Waals surface area contributed by atoms with Crippen LogP contribution >= 0.6 is 0 Å². The van der Waals surface area contributed by atoms with E-state index >= 15 is 0 Å². The Morgan fingerprint density at radius 1 is 1.30 bits per heavy atom. The molecule has 0 spiro atoms. The number of hydrogen-bond donors (Lipinski definition) is 1. The first-order valence-corrected chi connectivity index (χ1v) is 7.30. The summed E-state index contributed by atoms with van der Waals surface area (Å²) in [5.41, 5.74) is -0.327. The largest absolute Gasteiger partial charge is 0.481 e. The molecule has 0 aromatic carbocycles. The Labute approximate surface area is 119 Å². The molecule has 2 heterocycles. The van der Waals surface area contributed by atoms with Crippen molar-refractivity contribution in [2.75, 3.05) is 26.2 Å². The molecule has 20 heavy (non-hydrogen) atoms. The van der Waals surface area contributed by atoms with E-state index in [1.165, 1.54) is 0 Å². The van der Waals surface area contributed by atoms with Gasteiger partial charge in [0.1, 0.15) is 0 Å².